The molecule has 2 rings (SSSR count). The quantitative estimate of drug-likeness (QED) is 0.251. The number of methoxy groups -OCH3 is 1. The van der Waals surface area contributed by atoms with Crippen LogP contribution in [-0.4, -0.2) is 62.5 Å². The second-order valence-electron chi connectivity index (χ2n) is 8.55. The van der Waals surface area contributed by atoms with Gasteiger partial charge in [0.1, 0.15) is 18.1 Å². The number of halogens is 3. The van der Waals surface area contributed by atoms with Crippen molar-refractivity contribution in [3.8, 4) is 0 Å². The molecule has 0 bridgehead atoms. The fourth-order valence-electron chi connectivity index (χ4n) is 4.08. The molecule has 2 atom stereocenters. The first-order valence-electron chi connectivity index (χ1n) is 11.7. The summed E-state index contributed by atoms with van der Waals surface area (Å²) in [7, 11) is 1.62. The van der Waals surface area contributed by atoms with E-state index in [-0.39, 0.29) is 17.7 Å². The third kappa shape index (κ3) is 8.43. The van der Waals surface area contributed by atoms with Crippen molar-refractivity contribution in [2.45, 2.75) is 51.9 Å². The van der Waals surface area contributed by atoms with Gasteiger partial charge in [0.25, 0.3) is 5.91 Å². The van der Waals surface area contributed by atoms with Crippen molar-refractivity contribution >= 4 is 5.91 Å². The smallest absolute Gasteiger partial charge is 0.431 e. The Bertz CT molecular complexity index is 917. The topological polar surface area (TPSA) is 62.8 Å². The van der Waals surface area contributed by atoms with Crippen molar-refractivity contribution in [3.63, 3.8) is 0 Å². The number of hydrogen-bond donors (Lipinski definition) is 2. The molecule has 194 valence electrons. The van der Waals surface area contributed by atoms with Gasteiger partial charge in [0, 0.05) is 37.5 Å². The Balaban J connectivity index is 2.01. The molecule has 2 N–H and O–H groups in total. The summed E-state index contributed by atoms with van der Waals surface area (Å²) >= 11 is 0. The average Bonchev–Trinajstić information content (AvgIpc) is 3.13. The highest BCUT2D eigenvalue weighted by Crippen LogP contribution is 2.25. The van der Waals surface area contributed by atoms with Gasteiger partial charge in [-0.15, -0.1) is 0 Å². The number of likely N-dealkylation sites (tertiary alicyclic amines) is 1. The van der Waals surface area contributed by atoms with Gasteiger partial charge in [-0.2, -0.15) is 13.2 Å². The fourth-order valence-corrected chi connectivity index (χ4v) is 4.08. The summed E-state index contributed by atoms with van der Waals surface area (Å²) in [6, 6.07) is 0.256. The van der Waals surface area contributed by atoms with Crippen molar-refractivity contribution < 1.29 is 27.4 Å². The lowest BCUT2D eigenvalue weighted by Crippen LogP contribution is -2.43. The number of nitrogens with one attached hydrogen (secondary N) is 2. The molecule has 0 aromatic carbocycles. The van der Waals surface area contributed by atoms with Crippen LogP contribution in [0.2, 0.25) is 0 Å². The number of nitrogens with zero attached hydrogens (tertiary/aromatic N) is 1. The summed E-state index contributed by atoms with van der Waals surface area (Å²) in [6.45, 7) is 12.2. The molecule has 9 heteroatoms. The molecule has 0 aliphatic carbocycles. The van der Waals surface area contributed by atoms with Crippen LogP contribution in [0.15, 0.2) is 71.3 Å². The second-order valence-corrected chi connectivity index (χ2v) is 8.55. The van der Waals surface area contributed by atoms with E-state index in [2.05, 4.69) is 35.1 Å². The predicted octanol–water partition coefficient (Wildman–Crippen LogP) is 4.51. The van der Waals surface area contributed by atoms with Crippen LogP contribution in [-0.2, 0) is 14.3 Å². The minimum Gasteiger partial charge on any atom is -0.491 e. The van der Waals surface area contributed by atoms with Gasteiger partial charge >= 0.3 is 6.18 Å². The first-order chi connectivity index (χ1) is 16.6. The normalized spacial score (nSPS) is 20.8. The Morgan fingerprint density at radius 2 is 2.09 bits per heavy atom. The first-order valence-corrected chi connectivity index (χ1v) is 11.7. The molecule has 0 spiro atoms. The number of alkyl halides is 3. The van der Waals surface area contributed by atoms with Crippen LogP contribution in [0.1, 0.15) is 33.6 Å². The summed E-state index contributed by atoms with van der Waals surface area (Å²) in [5.74, 6) is 0.312. The molecule has 2 heterocycles. The molecule has 35 heavy (non-hydrogen) atoms. The van der Waals surface area contributed by atoms with Gasteiger partial charge in [-0.3, -0.25) is 9.69 Å². The molecule has 1 unspecified atom stereocenters. The number of amides is 1. The Morgan fingerprint density at radius 3 is 2.74 bits per heavy atom. The summed E-state index contributed by atoms with van der Waals surface area (Å²) in [5, 5.41) is 5.04. The zero-order chi connectivity index (χ0) is 26.0. The minimum absolute atomic E-state index is 0.123. The second kappa shape index (κ2) is 13.3. The molecule has 2 aliphatic heterocycles. The number of allylic oxidation sites excluding steroid dienone is 6. The molecule has 1 amide bonds. The van der Waals surface area contributed by atoms with Crippen LogP contribution in [0.3, 0.4) is 0 Å². The van der Waals surface area contributed by atoms with Crippen LogP contribution >= 0.6 is 0 Å². The molecule has 0 saturated carbocycles. The van der Waals surface area contributed by atoms with E-state index in [9.17, 15) is 18.0 Å². The lowest BCUT2D eigenvalue weighted by atomic mass is 10.0. The van der Waals surface area contributed by atoms with E-state index in [0.717, 1.165) is 48.6 Å². The summed E-state index contributed by atoms with van der Waals surface area (Å²) in [6.07, 6.45) is 5.82. The van der Waals surface area contributed by atoms with Crippen LogP contribution in [0.25, 0.3) is 0 Å². The largest absolute Gasteiger partial charge is 0.491 e. The first kappa shape index (κ1) is 28.5. The maximum atomic E-state index is 12.9. The van der Waals surface area contributed by atoms with Crippen LogP contribution in [0.5, 0.6) is 0 Å². The third-order valence-corrected chi connectivity index (χ3v) is 6.13. The maximum Gasteiger partial charge on any atom is 0.431 e. The van der Waals surface area contributed by atoms with E-state index in [1.807, 2.05) is 13.8 Å². The number of ether oxygens (including phenoxy) is 2. The molecule has 0 radical (unpaired) electrons. The summed E-state index contributed by atoms with van der Waals surface area (Å²) in [5.41, 5.74) is 1.32. The van der Waals surface area contributed by atoms with Gasteiger partial charge in [-0.1, -0.05) is 12.7 Å². The Labute approximate surface area is 205 Å². The van der Waals surface area contributed by atoms with E-state index in [1.54, 1.807) is 13.2 Å². The lowest BCUT2D eigenvalue weighted by Gasteiger charge is -2.29. The minimum atomic E-state index is -4.51. The Hall–Kier alpha value is -2.78. The van der Waals surface area contributed by atoms with Crippen LogP contribution < -0.4 is 10.6 Å². The fraction of sp³-hybridized carbons (Fsp3) is 0.500. The van der Waals surface area contributed by atoms with Gasteiger partial charge < -0.3 is 20.1 Å². The molecule has 0 aromatic heterocycles. The zero-order valence-corrected chi connectivity index (χ0v) is 20.9. The van der Waals surface area contributed by atoms with Crippen LogP contribution in [0.4, 0.5) is 13.2 Å². The highest BCUT2D eigenvalue weighted by molar-refractivity contribution is 5.96. The summed E-state index contributed by atoms with van der Waals surface area (Å²) < 4.78 is 49.4. The number of carbonyl (C=O) groups is 1. The zero-order valence-electron chi connectivity index (χ0n) is 20.9. The Morgan fingerprint density at radius 1 is 1.34 bits per heavy atom. The maximum absolute atomic E-state index is 12.9. The predicted molar refractivity (Wildman–Crippen MR) is 131 cm³/mol. The molecule has 6 nitrogen and oxygen atoms in total. The third-order valence-electron chi connectivity index (χ3n) is 6.13. The van der Waals surface area contributed by atoms with Gasteiger partial charge in [0.15, 0.2) is 0 Å². The van der Waals surface area contributed by atoms with Crippen molar-refractivity contribution in [2.24, 2.45) is 0 Å². The molecular formula is C26H36F3N3O3. The van der Waals surface area contributed by atoms with E-state index >= 15 is 0 Å². The van der Waals surface area contributed by atoms with Gasteiger partial charge in [-0.25, -0.2) is 0 Å². The number of hydrogen-bond acceptors (Lipinski definition) is 5. The van der Waals surface area contributed by atoms with Gasteiger partial charge in [0.05, 0.1) is 6.61 Å². The van der Waals surface area contributed by atoms with E-state index in [0.29, 0.717) is 19.8 Å². The van der Waals surface area contributed by atoms with Gasteiger partial charge in [0.2, 0.25) is 0 Å². The summed E-state index contributed by atoms with van der Waals surface area (Å²) in [4.78, 5) is 14.9. The van der Waals surface area contributed by atoms with Crippen molar-refractivity contribution in [1.82, 2.24) is 15.5 Å². The highest BCUT2D eigenvalue weighted by Gasteiger charge is 2.33. The lowest BCUT2D eigenvalue weighted by molar-refractivity contribution is -0.117. The molecular weight excluding hydrogens is 459 g/mol. The van der Waals surface area contributed by atoms with E-state index < -0.39 is 17.8 Å². The standard InChI is InChI=1S/C26H36F3N3O3/c1-6-23(35-15-14-34-5)20(4)18(2)16-19(3)32-13-7-8-22(32)17-31-25(33)21-9-10-24(26(27,28)29)30-12-11-21/h6,9-12,16,19,22,30H,1,7-8,13-15,17H2,2-5H3,(H,31,33)/b18-16+,23-20+/t19?,22-/m0/s1. The molecule has 0 aromatic rings. The van der Waals surface area contributed by atoms with Crippen molar-refractivity contribution in [2.75, 3.05) is 33.4 Å². The molecule has 1 saturated heterocycles. The van der Waals surface area contributed by atoms with E-state index in [4.69, 9.17) is 9.47 Å². The monoisotopic (exact) mass is 495 g/mol. The van der Waals surface area contributed by atoms with Crippen LogP contribution in [0, 0.1) is 0 Å². The van der Waals surface area contributed by atoms with Gasteiger partial charge in [-0.05, 0) is 75.6 Å². The number of rotatable bonds is 11. The SMILES string of the molecule is C=C/C(OCCOC)=C(C)\C(C)=C\C(C)N1CCC[C@H]1CNC(=O)C1=CC=C(C(F)(F)F)NC=C1. The number of carbonyl (C=O) groups excluding carboxylic acids is 1. The van der Waals surface area contributed by atoms with Crippen molar-refractivity contribution in [1.29, 1.82) is 0 Å². The Kier molecular flexibility index (Phi) is 10.9. The van der Waals surface area contributed by atoms with E-state index in [1.165, 1.54) is 12.2 Å². The highest BCUT2D eigenvalue weighted by atomic mass is 19.4. The molecule has 2 aliphatic rings. The molecule has 1 fully saturated rings. The van der Waals surface area contributed by atoms with Crippen molar-refractivity contribution in [3.05, 3.63) is 71.3 Å². The average molecular weight is 496 g/mol.